The smallest absolute Gasteiger partial charge is 0.152 e. The van der Waals surface area contributed by atoms with E-state index in [1.807, 2.05) is 11.0 Å². The Hall–Kier alpha value is -1.16. The summed E-state index contributed by atoms with van der Waals surface area (Å²) >= 11 is 5.69. The van der Waals surface area contributed by atoms with Gasteiger partial charge in [-0.2, -0.15) is 0 Å². The first-order valence-electron chi connectivity index (χ1n) is 5.45. The van der Waals surface area contributed by atoms with Crippen molar-refractivity contribution >= 4 is 23.2 Å². The highest BCUT2D eigenvalue weighted by atomic mass is 35.5. The van der Waals surface area contributed by atoms with Crippen molar-refractivity contribution in [3.05, 3.63) is 17.3 Å². The third-order valence-corrected chi connectivity index (χ3v) is 3.09. The monoisotopic (exact) mass is 239 g/mol. The Morgan fingerprint density at radius 1 is 1.44 bits per heavy atom. The van der Waals surface area contributed by atoms with Crippen LogP contribution >= 0.6 is 11.6 Å². The van der Waals surface area contributed by atoms with Gasteiger partial charge in [0.2, 0.25) is 0 Å². The molecule has 1 fully saturated rings. The van der Waals surface area contributed by atoms with Gasteiger partial charge in [-0.1, -0.05) is 11.6 Å². The summed E-state index contributed by atoms with van der Waals surface area (Å²) in [6.07, 6.45) is 3.09. The SMILES string of the molecule is CC(=O)C1CCCCN1c1ccc(Cl)nn1. The number of carbonyl (C=O) groups excluding carboxylic acids is 1. The van der Waals surface area contributed by atoms with Gasteiger partial charge in [0.1, 0.15) is 0 Å². The molecule has 2 heterocycles. The quantitative estimate of drug-likeness (QED) is 0.793. The first kappa shape index (κ1) is 11.3. The number of hydrogen-bond donors (Lipinski definition) is 0. The molecule has 5 heteroatoms. The van der Waals surface area contributed by atoms with Crippen molar-refractivity contribution in [3.63, 3.8) is 0 Å². The van der Waals surface area contributed by atoms with Crippen molar-refractivity contribution in [2.75, 3.05) is 11.4 Å². The van der Waals surface area contributed by atoms with E-state index in [0.717, 1.165) is 31.6 Å². The molecule has 0 radical (unpaired) electrons. The number of Topliss-reactive ketones (excluding diaryl/α,β-unsaturated/α-hetero) is 1. The second kappa shape index (κ2) is 4.78. The number of anilines is 1. The largest absolute Gasteiger partial charge is 0.345 e. The molecule has 1 aromatic heterocycles. The zero-order chi connectivity index (χ0) is 11.5. The van der Waals surface area contributed by atoms with Crippen LogP contribution in [-0.4, -0.2) is 28.6 Å². The maximum absolute atomic E-state index is 11.5. The van der Waals surface area contributed by atoms with Crippen LogP contribution in [0.15, 0.2) is 12.1 Å². The predicted molar refractivity (Wildman–Crippen MR) is 62.7 cm³/mol. The molecule has 0 bridgehead atoms. The molecule has 0 aromatic carbocycles. The lowest BCUT2D eigenvalue weighted by molar-refractivity contribution is -0.118. The zero-order valence-corrected chi connectivity index (χ0v) is 9.94. The molecule has 0 saturated carbocycles. The van der Waals surface area contributed by atoms with Crippen LogP contribution in [0.5, 0.6) is 0 Å². The van der Waals surface area contributed by atoms with Crippen molar-refractivity contribution in [1.29, 1.82) is 0 Å². The second-order valence-electron chi connectivity index (χ2n) is 4.03. The van der Waals surface area contributed by atoms with E-state index in [9.17, 15) is 4.79 Å². The molecular weight excluding hydrogens is 226 g/mol. The van der Waals surface area contributed by atoms with Gasteiger partial charge in [-0.25, -0.2) is 0 Å². The molecule has 1 atom stereocenters. The van der Waals surface area contributed by atoms with Crippen LogP contribution in [0.4, 0.5) is 5.82 Å². The van der Waals surface area contributed by atoms with Gasteiger partial charge in [-0.15, -0.1) is 10.2 Å². The van der Waals surface area contributed by atoms with E-state index in [1.54, 1.807) is 13.0 Å². The van der Waals surface area contributed by atoms with Crippen LogP contribution in [0, 0.1) is 0 Å². The third-order valence-electron chi connectivity index (χ3n) is 2.88. The first-order valence-corrected chi connectivity index (χ1v) is 5.82. The van der Waals surface area contributed by atoms with Gasteiger partial charge in [0.05, 0.1) is 6.04 Å². The fourth-order valence-corrected chi connectivity index (χ4v) is 2.19. The Kier molecular flexibility index (Phi) is 3.39. The number of piperidine rings is 1. The Morgan fingerprint density at radius 2 is 2.25 bits per heavy atom. The minimum atomic E-state index is -0.0516. The summed E-state index contributed by atoms with van der Waals surface area (Å²) in [6.45, 7) is 2.49. The highest BCUT2D eigenvalue weighted by Crippen LogP contribution is 2.23. The normalized spacial score (nSPS) is 20.9. The van der Waals surface area contributed by atoms with E-state index < -0.39 is 0 Å². The van der Waals surface area contributed by atoms with Crippen LogP contribution in [0.25, 0.3) is 0 Å². The average molecular weight is 240 g/mol. The summed E-state index contributed by atoms with van der Waals surface area (Å²) in [6, 6.07) is 3.47. The Balaban J connectivity index is 2.23. The molecule has 0 aliphatic carbocycles. The number of ketones is 1. The minimum Gasteiger partial charge on any atom is -0.345 e. The van der Waals surface area contributed by atoms with Crippen molar-refractivity contribution in [2.24, 2.45) is 0 Å². The lowest BCUT2D eigenvalue weighted by Crippen LogP contribution is -2.44. The van der Waals surface area contributed by atoms with E-state index in [0.29, 0.717) is 5.15 Å². The zero-order valence-electron chi connectivity index (χ0n) is 9.19. The molecule has 1 aliphatic rings. The molecule has 16 heavy (non-hydrogen) atoms. The van der Waals surface area contributed by atoms with Crippen molar-refractivity contribution in [1.82, 2.24) is 10.2 Å². The molecule has 0 spiro atoms. The standard InChI is InChI=1S/C11H14ClN3O/c1-8(16)9-4-2-3-7-15(9)11-6-5-10(12)13-14-11/h5-6,9H,2-4,7H2,1H3. The summed E-state index contributed by atoms with van der Waals surface area (Å²) in [5.74, 6) is 0.931. The maximum Gasteiger partial charge on any atom is 0.152 e. The maximum atomic E-state index is 11.5. The van der Waals surface area contributed by atoms with E-state index >= 15 is 0 Å². The lowest BCUT2D eigenvalue weighted by Gasteiger charge is -2.34. The summed E-state index contributed by atoms with van der Waals surface area (Å²) in [4.78, 5) is 13.6. The number of halogens is 1. The molecule has 86 valence electrons. The van der Waals surface area contributed by atoms with E-state index in [1.165, 1.54) is 0 Å². The minimum absolute atomic E-state index is 0.0516. The topological polar surface area (TPSA) is 46.1 Å². The van der Waals surface area contributed by atoms with E-state index in [4.69, 9.17) is 11.6 Å². The molecule has 1 aliphatic heterocycles. The molecule has 0 N–H and O–H groups in total. The molecule has 0 amide bonds. The summed E-state index contributed by atoms with van der Waals surface area (Å²) in [7, 11) is 0. The molecule has 4 nitrogen and oxygen atoms in total. The Labute approximate surface area is 99.6 Å². The fraction of sp³-hybridized carbons (Fsp3) is 0.545. The van der Waals surface area contributed by atoms with Crippen LogP contribution in [0.3, 0.4) is 0 Å². The summed E-state index contributed by atoms with van der Waals surface area (Å²) in [5, 5.41) is 8.21. The Morgan fingerprint density at radius 3 is 2.88 bits per heavy atom. The molecule has 1 aromatic rings. The highest BCUT2D eigenvalue weighted by molar-refractivity contribution is 6.29. The number of nitrogens with zero attached hydrogens (tertiary/aromatic N) is 3. The van der Waals surface area contributed by atoms with E-state index in [-0.39, 0.29) is 11.8 Å². The van der Waals surface area contributed by atoms with Gasteiger partial charge < -0.3 is 4.90 Å². The van der Waals surface area contributed by atoms with Crippen molar-refractivity contribution in [3.8, 4) is 0 Å². The van der Waals surface area contributed by atoms with Crippen LogP contribution in [0.1, 0.15) is 26.2 Å². The number of hydrogen-bond acceptors (Lipinski definition) is 4. The van der Waals surface area contributed by atoms with Gasteiger partial charge in [0.25, 0.3) is 0 Å². The molecule has 1 unspecified atom stereocenters. The molecule has 2 rings (SSSR count). The summed E-state index contributed by atoms with van der Waals surface area (Å²) in [5.41, 5.74) is 0. The first-order chi connectivity index (χ1) is 7.68. The molecule has 1 saturated heterocycles. The lowest BCUT2D eigenvalue weighted by atomic mass is 9.99. The predicted octanol–water partition coefficient (Wildman–Crippen LogP) is 2.08. The summed E-state index contributed by atoms with van der Waals surface area (Å²) < 4.78 is 0. The van der Waals surface area contributed by atoms with Gasteiger partial charge in [0.15, 0.2) is 16.8 Å². The van der Waals surface area contributed by atoms with Crippen LogP contribution in [-0.2, 0) is 4.79 Å². The van der Waals surface area contributed by atoms with Crippen molar-refractivity contribution in [2.45, 2.75) is 32.2 Å². The van der Waals surface area contributed by atoms with Crippen LogP contribution < -0.4 is 4.90 Å². The highest BCUT2D eigenvalue weighted by Gasteiger charge is 2.27. The van der Waals surface area contributed by atoms with E-state index in [2.05, 4.69) is 10.2 Å². The third kappa shape index (κ3) is 2.32. The number of aromatic nitrogens is 2. The average Bonchev–Trinajstić information content (AvgIpc) is 2.30. The van der Waals surface area contributed by atoms with Crippen LogP contribution in [0.2, 0.25) is 5.15 Å². The van der Waals surface area contributed by atoms with Gasteiger partial charge >= 0.3 is 0 Å². The molecular formula is C11H14ClN3O. The fourth-order valence-electron chi connectivity index (χ4n) is 2.09. The second-order valence-corrected chi connectivity index (χ2v) is 4.42. The Bertz CT molecular complexity index is 379. The number of rotatable bonds is 2. The van der Waals surface area contributed by atoms with Crippen molar-refractivity contribution < 1.29 is 4.79 Å². The van der Waals surface area contributed by atoms with Gasteiger partial charge in [0, 0.05) is 6.54 Å². The van der Waals surface area contributed by atoms with Gasteiger partial charge in [-0.3, -0.25) is 4.79 Å². The van der Waals surface area contributed by atoms with Gasteiger partial charge in [-0.05, 0) is 38.3 Å². The number of carbonyl (C=O) groups is 1.